The van der Waals surface area contributed by atoms with E-state index in [4.69, 9.17) is 23.2 Å². The summed E-state index contributed by atoms with van der Waals surface area (Å²) in [5, 5.41) is 9.88. The largest absolute Gasteiger partial charge is 0.481 e. The Morgan fingerprint density at radius 3 is 2.67 bits per heavy atom. The smallest absolute Gasteiger partial charge is 0.308 e. The Kier molecular flexibility index (Phi) is 7.22. The van der Waals surface area contributed by atoms with Crippen molar-refractivity contribution in [2.45, 2.75) is 32.6 Å². The Morgan fingerprint density at radius 2 is 1.97 bits per heavy atom. The van der Waals surface area contributed by atoms with E-state index in [1.165, 1.54) is 6.08 Å². The minimum atomic E-state index is -0.863. The van der Waals surface area contributed by atoms with Crippen LogP contribution in [0.2, 0.25) is 10.0 Å². The molecule has 30 heavy (non-hydrogen) atoms. The lowest BCUT2D eigenvalue weighted by Crippen LogP contribution is -2.41. The van der Waals surface area contributed by atoms with Crippen LogP contribution in [0.4, 0.5) is 0 Å². The van der Waals surface area contributed by atoms with Gasteiger partial charge in [-0.2, -0.15) is 0 Å². The van der Waals surface area contributed by atoms with Gasteiger partial charge in [-0.25, -0.2) is 0 Å². The van der Waals surface area contributed by atoms with Gasteiger partial charge in [0.2, 0.25) is 5.91 Å². The summed E-state index contributed by atoms with van der Waals surface area (Å²) in [6.07, 6.45) is 4.38. The molecule has 6 heteroatoms. The summed E-state index contributed by atoms with van der Waals surface area (Å²) >= 11 is 12.7. The molecule has 0 aromatic heterocycles. The number of hydrogen-bond donors (Lipinski definition) is 1. The number of piperidine rings is 1. The lowest BCUT2D eigenvalue weighted by molar-refractivity contribution is -0.144. The van der Waals surface area contributed by atoms with Gasteiger partial charge in [-0.3, -0.25) is 9.59 Å². The maximum atomic E-state index is 12.7. The molecule has 2 aromatic rings. The fourth-order valence-electron chi connectivity index (χ4n) is 3.78. The number of carboxylic acid groups (broad SMARTS) is 1. The fourth-order valence-corrected chi connectivity index (χ4v) is 4.16. The Balaban J connectivity index is 1.96. The second kappa shape index (κ2) is 9.67. The van der Waals surface area contributed by atoms with Crippen molar-refractivity contribution < 1.29 is 14.7 Å². The van der Waals surface area contributed by atoms with Crippen molar-refractivity contribution >= 4 is 41.2 Å². The summed E-state index contributed by atoms with van der Waals surface area (Å²) in [6.45, 7) is 5.01. The summed E-state index contributed by atoms with van der Waals surface area (Å²) in [5.74, 6) is -1.31. The van der Waals surface area contributed by atoms with Gasteiger partial charge in [0, 0.05) is 30.8 Å². The van der Waals surface area contributed by atoms with Crippen LogP contribution in [0.25, 0.3) is 17.2 Å². The van der Waals surface area contributed by atoms with Gasteiger partial charge in [-0.05, 0) is 47.6 Å². The monoisotopic (exact) mass is 444 g/mol. The molecule has 2 aromatic carbocycles. The number of aliphatic carboxylic acids is 1. The average molecular weight is 445 g/mol. The summed E-state index contributed by atoms with van der Waals surface area (Å²) in [5.41, 5.74) is 3.66. The van der Waals surface area contributed by atoms with Gasteiger partial charge in [-0.1, -0.05) is 61.3 Å². The third kappa shape index (κ3) is 4.88. The SMILES string of the molecule is CC(C)c1ccccc1-c1c[c]c(Cl)c(Cl)c1/C=C/C(=O)N1CCCC(C(=O)O)C1. The Bertz CT molecular complexity index is 984. The second-order valence-electron chi connectivity index (χ2n) is 7.78. The van der Waals surface area contributed by atoms with Crippen molar-refractivity contribution in [3.05, 3.63) is 63.6 Å². The van der Waals surface area contributed by atoms with Crippen LogP contribution in [0, 0.1) is 12.0 Å². The van der Waals surface area contributed by atoms with Gasteiger partial charge in [0.05, 0.1) is 16.0 Å². The number of rotatable bonds is 5. The van der Waals surface area contributed by atoms with Crippen LogP contribution in [-0.2, 0) is 9.59 Å². The molecule has 1 N–H and O–H groups in total. The summed E-state index contributed by atoms with van der Waals surface area (Å²) < 4.78 is 0. The molecule has 1 saturated heterocycles. The normalized spacial score (nSPS) is 17.0. The van der Waals surface area contributed by atoms with E-state index in [1.54, 1.807) is 17.0 Å². The molecule has 3 rings (SSSR count). The van der Waals surface area contributed by atoms with Crippen LogP contribution in [0.5, 0.6) is 0 Å². The van der Waals surface area contributed by atoms with Gasteiger partial charge in [-0.15, -0.1) is 0 Å². The summed E-state index contributed by atoms with van der Waals surface area (Å²) in [6, 6.07) is 12.8. The lowest BCUT2D eigenvalue weighted by atomic mass is 9.90. The number of carbonyl (C=O) groups is 2. The predicted molar refractivity (Wildman–Crippen MR) is 121 cm³/mol. The van der Waals surface area contributed by atoms with Gasteiger partial charge in [0.1, 0.15) is 0 Å². The molecule has 1 aliphatic heterocycles. The van der Waals surface area contributed by atoms with Crippen molar-refractivity contribution in [1.82, 2.24) is 4.90 Å². The first-order valence-corrected chi connectivity index (χ1v) is 10.7. The van der Waals surface area contributed by atoms with Crippen molar-refractivity contribution in [2.24, 2.45) is 5.92 Å². The number of carbonyl (C=O) groups excluding carboxylic acids is 1. The lowest BCUT2D eigenvalue weighted by Gasteiger charge is -2.29. The highest BCUT2D eigenvalue weighted by atomic mass is 35.5. The van der Waals surface area contributed by atoms with Crippen LogP contribution in [-0.4, -0.2) is 35.0 Å². The predicted octanol–water partition coefficient (Wildman–Crippen LogP) is 5.92. The van der Waals surface area contributed by atoms with Crippen LogP contribution in [0.3, 0.4) is 0 Å². The van der Waals surface area contributed by atoms with Crippen LogP contribution < -0.4 is 0 Å². The Morgan fingerprint density at radius 1 is 1.23 bits per heavy atom. The highest BCUT2D eigenvalue weighted by molar-refractivity contribution is 6.43. The van der Waals surface area contributed by atoms with Gasteiger partial charge in [0.15, 0.2) is 0 Å². The van der Waals surface area contributed by atoms with E-state index in [0.717, 1.165) is 16.7 Å². The molecule has 157 valence electrons. The second-order valence-corrected chi connectivity index (χ2v) is 8.54. The quantitative estimate of drug-likeness (QED) is 0.582. The van der Waals surface area contributed by atoms with Gasteiger partial charge < -0.3 is 10.0 Å². The maximum Gasteiger partial charge on any atom is 0.308 e. The molecule has 0 bridgehead atoms. The number of benzene rings is 2. The third-order valence-electron chi connectivity index (χ3n) is 5.41. The average Bonchev–Trinajstić information content (AvgIpc) is 2.74. The first kappa shape index (κ1) is 22.4. The molecule has 0 spiro atoms. The Labute approximate surface area is 187 Å². The highest BCUT2D eigenvalue weighted by Gasteiger charge is 2.27. The topological polar surface area (TPSA) is 57.6 Å². The molecule has 0 aliphatic carbocycles. The molecule has 1 radical (unpaired) electrons. The zero-order valence-electron chi connectivity index (χ0n) is 17.0. The molecule has 0 saturated carbocycles. The molecule has 1 fully saturated rings. The van der Waals surface area contributed by atoms with E-state index < -0.39 is 11.9 Å². The standard InChI is InChI=1S/C24H24Cl2NO3/c1-15(2)17-7-3-4-8-18(17)19-9-11-21(25)23(26)20(19)10-12-22(28)27-13-5-6-16(14-27)24(29)30/h3-4,7-10,12,15-16H,5-6,13-14H2,1-2H3,(H,29,30)/b12-10+. The van der Waals surface area contributed by atoms with Crippen molar-refractivity contribution in [3.8, 4) is 11.1 Å². The van der Waals surface area contributed by atoms with Gasteiger partial charge >= 0.3 is 5.97 Å². The summed E-state index contributed by atoms with van der Waals surface area (Å²) in [7, 11) is 0. The fraction of sp³-hybridized carbons (Fsp3) is 0.333. The number of hydrogen-bond acceptors (Lipinski definition) is 2. The number of halogens is 2. The third-order valence-corrected chi connectivity index (χ3v) is 6.20. The summed E-state index contributed by atoms with van der Waals surface area (Å²) in [4.78, 5) is 25.6. The van der Waals surface area contributed by atoms with Crippen molar-refractivity contribution in [1.29, 1.82) is 0 Å². The van der Waals surface area contributed by atoms with E-state index in [0.29, 0.717) is 40.9 Å². The van der Waals surface area contributed by atoms with Crippen molar-refractivity contribution in [3.63, 3.8) is 0 Å². The molecule has 1 amide bonds. The first-order valence-electron chi connectivity index (χ1n) is 9.98. The number of likely N-dealkylation sites (tertiary alicyclic amines) is 1. The molecular formula is C24H24Cl2NO3. The van der Waals surface area contributed by atoms with Crippen LogP contribution >= 0.6 is 23.2 Å². The molecule has 1 heterocycles. The Hall–Kier alpha value is -2.30. The van der Waals surface area contributed by atoms with E-state index in [2.05, 4.69) is 26.0 Å². The molecule has 1 atom stereocenters. The molecular weight excluding hydrogens is 421 g/mol. The van der Waals surface area contributed by atoms with E-state index in [9.17, 15) is 14.7 Å². The highest BCUT2D eigenvalue weighted by Crippen LogP contribution is 2.38. The molecule has 1 aliphatic rings. The molecule has 1 unspecified atom stereocenters. The zero-order valence-corrected chi connectivity index (χ0v) is 18.5. The van der Waals surface area contributed by atoms with E-state index in [1.807, 2.05) is 18.2 Å². The van der Waals surface area contributed by atoms with E-state index in [-0.39, 0.29) is 12.5 Å². The van der Waals surface area contributed by atoms with Gasteiger partial charge in [0.25, 0.3) is 0 Å². The minimum absolute atomic E-state index is 0.221. The number of carboxylic acids is 1. The maximum absolute atomic E-state index is 12.7. The van der Waals surface area contributed by atoms with Crippen molar-refractivity contribution in [2.75, 3.05) is 13.1 Å². The van der Waals surface area contributed by atoms with Crippen LogP contribution in [0.1, 0.15) is 43.7 Å². The zero-order chi connectivity index (χ0) is 21.8. The van der Waals surface area contributed by atoms with Crippen LogP contribution in [0.15, 0.2) is 36.4 Å². The first-order chi connectivity index (χ1) is 14.3. The minimum Gasteiger partial charge on any atom is -0.481 e. The molecule has 4 nitrogen and oxygen atoms in total. The number of nitrogens with zero attached hydrogens (tertiary/aromatic N) is 1. The van der Waals surface area contributed by atoms with E-state index >= 15 is 0 Å². The number of amides is 1.